The van der Waals surface area contributed by atoms with Gasteiger partial charge in [-0.15, -0.1) is 0 Å². The van der Waals surface area contributed by atoms with Gasteiger partial charge in [-0.1, -0.05) is 18.2 Å². The van der Waals surface area contributed by atoms with E-state index in [1.807, 2.05) is 30.3 Å². The van der Waals surface area contributed by atoms with Crippen molar-refractivity contribution in [3.63, 3.8) is 0 Å². The van der Waals surface area contributed by atoms with E-state index in [-0.39, 0.29) is 17.8 Å². The fourth-order valence-electron chi connectivity index (χ4n) is 4.00. The van der Waals surface area contributed by atoms with E-state index in [0.29, 0.717) is 29.8 Å². The van der Waals surface area contributed by atoms with Crippen LogP contribution in [0.2, 0.25) is 0 Å². The number of rotatable bonds is 2. The van der Waals surface area contributed by atoms with Gasteiger partial charge in [0.25, 0.3) is 0 Å². The summed E-state index contributed by atoms with van der Waals surface area (Å²) in [5, 5.41) is 10.8. The molecule has 7 nitrogen and oxygen atoms in total. The second-order valence-electron chi connectivity index (χ2n) is 7.07. The molecule has 2 N–H and O–H groups in total. The van der Waals surface area contributed by atoms with Gasteiger partial charge in [-0.25, -0.2) is 14.8 Å². The molecule has 7 heteroatoms. The molecule has 0 atom stereocenters. The quantitative estimate of drug-likeness (QED) is 0.572. The van der Waals surface area contributed by atoms with Gasteiger partial charge in [0.2, 0.25) is 0 Å². The maximum Gasteiger partial charge on any atom is 0.329 e. The lowest BCUT2D eigenvalue weighted by atomic mass is 9.93. The molecule has 1 aliphatic carbocycles. The van der Waals surface area contributed by atoms with Crippen LogP contribution in [0.5, 0.6) is 0 Å². The summed E-state index contributed by atoms with van der Waals surface area (Å²) in [5.74, 6) is 0. The van der Waals surface area contributed by atoms with Crippen LogP contribution in [-0.2, 0) is 0 Å². The van der Waals surface area contributed by atoms with Gasteiger partial charge >= 0.3 is 5.69 Å². The highest BCUT2D eigenvalue weighted by atomic mass is 16.3. The van der Waals surface area contributed by atoms with Crippen LogP contribution in [0.4, 0.5) is 0 Å². The predicted molar refractivity (Wildman–Crippen MR) is 102 cm³/mol. The number of fused-ring (bicyclic) bond motifs is 2. The van der Waals surface area contributed by atoms with E-state index >= 15 is 0 Å². The summed E-state index contributed by atoms with van der Waals surface area (Å²) >= 11 is 0. The first-order valence-corrected chi connectivity index (χ1v) is 9.20. The molecule has 136 valence electrons. The molecule has 5 rings (SSSR count). The van der Waals surface area contributed by atoms with Crippen molar-refractivity contribution >= 4 is 22.2 Å². The van der Waals surface area contributed by atoms with Crippen LogP contribution in [0.3, 0.4) is 0 Å². The highest BCUT2D eigenvalue weighted by molar-refractivity contribution is 5.93. The van der Waals surface area contributed by atoms with Gasteiger partial charge in [-0.3, -0.25) is 14.5 Å². The molecule has 0 aliphatic heterocycles. The first-order valence-electron chi connectivity index (χ1n) is 9.20. The average molecular weight is 361 g/mol. The summed E-state index contributed by atoms with van der Waals surface area (Å²) in [5.41, 5.74) is 3.42. The Kier molecular flexibility index (Phi) is 3.75. The van der Waals surface area contributed by atoms with Gasteiger partial charge in [-0.2, -0.15) is 0 Å². The number of aromatic amines is 1. The molecule has 0 radical (unpaired) electrons. The van der Waals surface area contributed by atoms with Crippen molar-refractivity contribution in [1.29, 1.82) is 0 Å². The van der Waals surface area contributed by atoms with Crippen molar-refractivity contribution in [2.75, 3.05) is 0 Å². The Hall–Kier alpha value is -3.06. The number of hydrogen-bond acceptors (Lipinski definition) is 5. The molecule has 1 aliphatic rings. The fourth-order valence-corrected chi connectivity index (χ4v) is 4.00. The molecular weight excluding hydrogens is 342 g/mol. The topological polar surface area (TPSA) is 96.7 Å². The molecule has 1 aromatic carbocycles. The minimum absolute atomic E-state index is 0.0355. The van der Waals surface area contributed by atoms with Crippen molar-refractivity contribution in [2.45, 2.75) is 37.8 Å². The fraction of sp³-hybridized carbons (Fsp3) is 0.300. The van der Waals surface area contributed by atoms with Gasteiger partial charge < -0.3 is 5.11 Å². The van der Waals surface area contributed by atoms with Crippen LogP contribution in [-0.4, -0.2) is 35.7 Å². The van der Waals surface area contributed by atoms with Gasteiger partial charge in [0.15, 0.2) is 11.3 Å². The zero-order chi connectivity index (χ0) is 18.4. The van der Waals surface area contributed by atoms with Crippen molar-refractivity contribution in [2.24, 2.45) is 0 Å². The van der Waals surface area contributed by atoms with Crippen molar-refractivity contribution < 1.29 is 5.11 Å². The Labute approximate surface area is 154 Å². The standard InChI is InChI=1S/C20H19N5O2/c26-13-8-6-12(7-9-13)25-19-18(24-20(25)27)22-11-17(23-19)15-3-1-5-16-14(15)4-2-10-21-16/h1-5,10-13,26H,6-9H2,(H,22,24,27)/t12-,13-. The minimum Gasteiger partial charge on any atom is -0.393 e. The van der Waals surface area contributed by atoms with E-state index < -0.39 is 0 Å². The number of aromatic nitrogens is 5. The van der Waals surface area contributed by atoms with E-state index in [1.165, 1.54) is 0 Å². The largest absolute Gasteiger partial charge is 0.393 e. The number of imidazole rings is 1. The highest BCUT2D eigenvalue weighted by Crippen LogP contribution is 2.30. The summed E-state index contributed by atoms with van der Waals surface area (Å²) in [6, 6.07) is 9.85. The lowest BCUT2D eigenvalue weighted by Crippen LogP contribution is -2.27. The van der Waals surface area contributed by atoms with Crippen LogP contribution in [0.15, 0.2) is 47.5 Å². The van der Waals surface area contributed by atoms with E-state index in [4.69, 9.17) is 4.98 Å². The molecule has 0 unspecified atom stereocenters. The molecule has 1 saturated carbocycles. The normalized spacial score (nSPS) is 20.3. The Bertz CT molecular complexity index is 1180. The number of hydrogen-bond donors (Lipinski definition) is 2. The van der Waals surface area contributed by atoms with E-state index in [9.17, 15) is 9.90 Å². The Morgan fingerprint density at radius 2 is 1.93 bits per heavy atom. The summed E-state index contributed by atoms with van der Waals surface area (Å²) in [6.45, 7) is 0. The predicted octanol–water partition coefficient (Wildman–Crippen LogP) is 2.81. The van der Waals surface area contributed by atoms with Crippen molar-refractivity contribution in [3.05, 3.63) is 53.2 Å². The molecule has 1 fully saturated rings. The van der Waals surface area contributed by atoms with Crippen molar-refractivity contribution in [3.8, 4) is 11.3 Å². The number of aliphatic hydroxyl groups excluding tert-OH is 1. The molecule has 4 aromatic rings. The molecule has 0 saturated heterocycles. The SMILES string of the molecule is O=c1[nH]c2ncc(-c3cccc4ncccc34)nc2n1[C@H]1CC[C@H](O)CC1. The van der Waals surface area contributed by atoms with Crippen molar-refractivity contribution in [1.82, 2.24) is 24.5 Å². The van der Waals surface area contributed by atoms with E-state index in [0.717, 1.165) is 29.3 Å². The summed E-state index contributed by atoms with van der Waals surface area (Å²) in [6.07, 6.45) is 6.11. The number of H-pyrrole nitrogens is 1. The number of nitrogens with one attached hydrogen (secondary N) is 1. The summed E-state index contributed by atoms with van der Waals surface area (Å²) < 4.78 is 1.71. The first-order chi connectivity index (χ1) is 13.2. The molecule has 0 amide bonds. The first kappa shape index (κ1) is 16.1. The second kappa shape index (κ2) is 6.28. The number of aliphatic hydroxyl groups is 1. The molecule has 27 heavy (non-hydrogen) atoms. The van der Waals surface area contributed by atoms with Crippen LogP contribution < -0.4 is 5.69 Å². The lowest BCUT2D eigenvalue weighted by Gasteiger charge is -2.25. The second-order valence-corrected chi connectivity index (χ2v) is 7.07. The van der Waals surface area contributed by atoms with Gasteiger partial charge in [0, 0.05) is 23.2 Å². The third kappa shape index (κ3) is 2.71. The highest BCUT2D eigenvalue weighted by Gasteiger charge is 2.25. The Balaban J connectivity index is 1.67. The minimum atomic E-state index is -0.271. The maximum absolute atomic E-state index is 12.5. The Morgan fingerprint density at radius 1 is 1.07 bits per heavy atom. The third-order valence-electron chi connectivity index (χ3n) is 5.38. The van der Waals surface area contributed by atoms with Gasteiger partial charge in [0.05, 0.1) is 23.5 Å². The van der Waals surface area contributed by atoms with Gasteiger partial charge in [0.1, 0.15) is 0 Å². The molecular formula is C20H19N5O2. The lowest BCUT2D eigenvalue weighted by molar-refractivity contribution is 0.111. The zero-order valence-corrected chi connectivity index (χ0v) is 14.7. The smallest absolute Gasteiger partial charge is 0.329 e. The van der Waals surface area contributed by atoms with E-state index in [2.05, 4.69) is 15.0 Å². The zero-order valence-electron chi connectivity index (χ0n) is 14.7. The average Bonchev–Trinajstić information content (AvgIpc) is 3.03. The monoisotopic (exact) mass is 361 g/mol. The van der Waals surface area contributed by atoms with E-state index in [1.54, 1.807) is 17.0 Å². The molecule has 3 heterocycles. The summed E-state index contributed by atoms with van der Waals surface area (Å²) in [4.78, 5) is 29.0. The van der Waals surface area contributed by atoms with Gasteiger partial charge in [-0.05, 0) is 37.8 Å². The number of nitrogens with zero attached hydrogens (tertiary/aromatic N) is 4. The van der Waals surface area contributed by atoms with Crippen LogP contribution >= 0.6 is 0 Å². The van der Waals surface area contributed by atoms with Crippen LogP contribution in [0.1, 0.15) is 31.7 Å². The number of benzene rings is 1. The summed E-state index contributed by atoms with van der Waals surface area (Å²) in [7, 11) is 0. The molecule has 0 bridgehead atoms. The van der Waals surface area contributed by atoms with Crippen LogP contribution in [0, 0.1) is 0 Å². The Morgan fingerprint density at radius 3 is 2.78 bits per heavy atom. The third-order valence-corrected chi connectivity index (χ3v) is 5.38. The molecule has 0 spiro atoms. The molecule has 3 aromatic heterocycles. The maximum atomic E-state index is 12.5. The number of pyridine rings is 1. The van der Waals surface area contributed by atoms with Crippen LogP contribution in [0.25, 0.3) is 33.5 Å².